The lowest BCUT2D eigenvalue weighted by molar-refractivity contribution is -0.138. The Balaban J connectivity index is 1.53. The topological polar surface area (TPSA) is 162 Å². The number of amides is 4. The number of nitrogens with two attached hydrogens (primary N) is 1. The molecule has 0 fully saturated rings. The maximum Gasteiger partial charge on any atom is 0.319 e. The number of carbonyl (C=O) groups excluding carboxylic acids is 4. The number of nitrogens with zero attached hydrogens (tertiary/aromatic N) is 1. The van der Waals surface area contributed by atoms with Gasteiger partial charge in [0.25, 0.3) is 5.91 Å². The van der Waals surface area contributed by atoms with Crippen LogP contribution in [0.2, 0.25) is 0 Å². The molecule has 6 N–H and O–H groups in total. The van der Waals surface area contributed by atoms with Crippen LogP contribution >= 0.6 is 0 Å². The molecule has 0 radical (unpaired) electrons. The first-order valence-electron chi connectivity index (χ1n) is 11.6. The van der Waals surface area contributed by atoms with Gasteiger partial charge >= 0.3 is 6.03 Å². The van der Waals surface area contributed by atoms with E-state index in [2.05, 4.69) is 10.6 Å². The van der Waals surface area contributed by atoms with Crippen molar-refractivity contribution in [2.24, 2.45) is 5.73 Å². The minimum Gasteiger partial charge on any atom is -0.390 e. The van der Waals surface area contributed by atoms with Gasteiger partial charge in [0.05, 0.1) is 12.1 Å². The summed E-state index contributed by atoms with van der Waals surface area (Å²) in [5, 5.41) is 26.0. The molecule has 0 bridgehead atoms. The maximum atomic E-state index is 13.5. The second-order valence-electron chi connectivity index (χ2n) is 9.04. The van der Waals surface area contributed by atoms with Crippen molar-refractivity contribution in [1.82, 2.24) is 10.2 Å². The number of aliphatic hydroxyl groups excluding tert-OH is 2. The molecule has 1 aliphatic carbocycles. The number of hydrogen-bond acceptors (Lipinski definition) is 6. The van der Waals surface area contributed by atoms with E-state index in [0.29, 0.717) is 11.3 Å². The predicted molar refractivity (Wildman–Crippen MR) is 131 cm³/mol. The molecule has 0 aromatic heterocycles. The van der Waals surface area contributed by atoms with Crippen LogP contribution in [0, 0.1) is 0 Å². The molecule has 2 aliphatic rings. The quantitative estimate of drug-likeness (QED) is 0.389. The number of aliphatic hydroxyl groups is 2. The number of anilines is 1. The Hall–Kier alpha value is -4.02. The third kappa shape index (κ3) is 5.29. The maximum absolute atomic E-state index is 13.5. The van der Waals surface area contributed by atoms with Crippen LogP contribution in [0.1, 0.15) is 34.8 Å². The van der Waals surface area contributed by atoms with Crippen molar-refractivity contribution in [3.05, 3.63) is 76.9 Å². The van der Waals surface area contributed by atoms with Crippen LogP contribution < -0.4 is 16.4 Å². The standard InChI is InChI=1S/C26H28N4O6/c1-14(31)15-7-4-8-19(9-15)28-26(36)29-20-10-18(12-22(32)23(20)33)25(35)30-13-17-6-3-2-5-16(17)11-21(30)24(27)34/h2-10,20-23,32-33H,11-13H2,1H3,(H2,27,34)(H2,28,29,36)/t20-,21+,22-,23-/m1/s1. The smallest absolute Gasteiger partial charge is 0.319 e. The third-order valence-electron chi connectivity index (χ3n) is 6.51. The molecule has 4 amide bonds. The van der Waals surface area contributed by atoms with Crippen LogP contribution in [-0.2, 0) is 22.6 Å². The Morgan fingerprint density at radius 1 is 1.00 bits per heavy atom. The van der Waals surface area contributed by atoms with E-state index in [9.17, 15) is 29.4 Å². The molecule has 10 nitrogen and oxygen atoms in total. The fraction of sp³-hybridized carbons (Fsp3) is 0.308. The van der Waals surface area contributed by atoms with Crippen molar-refractivity contribution in [1.29, 1.82) is 0 Å². The zero-order chi connectivity index (χ0) is 26.0. The van der Waals surface area contributed by atoms with Crippen LogP contribution in [0.15, 0.2) is 60.2 Å². The Labute approximate surface area is 207 Å². The van der Waals surface area contributed by atoms with E-state index < -0.39 is 42.1 Å². The highest BCUT2D eigenvalue weighted by molar-refractivity contribution is 5.98. The highest BCUT2D eigenvalue weighted by Gasteiger charge is 2.39. The zero-order valence-electron chi connectivity index (χ0n) is 19.7. The van der Waals surface area contributed by atoms with Gasteiger partial charge in [-0.15, -0.1) is 0 Å². The average molecular weight is 493 g/mol. The van der Waals surface area contributed by atoms with E-state index in [1.165, 1.54) is 24.0 Å². The van der Waals surface area contributed by atoms with Crippen LogP contribution in [0.25, 0.3) is 0 Å². The van der Waals surface area contributed by atoms with Crippen molar-refractivity contribution < 1.29 is 29.4 Å². The number of nitrogens with one attached hydrogen (secondary N) is 2. The molecular formula is C26H28N4O6. The van der Waals surface area contributed by atoms with E-state index >= 15 is 0 Å². The minimum atomic E-state index is -1.36. The van der Waals surface area contributed by atoms with E-state index in [1.54, 1.807) is 18.2 Å². The first-order chi connectivity index (χ1) is 17.1. The number of urea groups is 1. The van der Waals surface area contributed by atoms with E-state index in [0.717, 1.165) is 11.1 Å². The zero-order valence-corrected chi connectivity index (χ0v) is 19.7. The van der Waals surface area contributed by atoms with Crippen molar-refractivity contribution in [3.63, 3.8) is 0 Å². The predicted octanol–water partition coefficient (Wildman–Crippen LogP) is 0.870. The third-order valence-corrected chi connectivity index (χ3v) is 6.51. The van der Waals surface area contributed by atoms with Gasteiger partial charge in [-0.2, -0.15) is 0 Å². The summed E-state index contributed by atoms with van der Waals surface area (Å²) in [4.78, 5) is 51.1. The summed E-state index contributed by atoms with van der Waals surface area (Å²) in [5.74, 6) is -1.30. The Kier molecular flexibility index (Phi) is 7.18. The lowest BCUT2D eigenvalue weighted by Gasteiger charge is -2.38. The van der Waals surface area contributed by atoms with Gasteiger partial charge in [-0.05, 0) is 30.2 Å². The Bertz CT molecular complexity index is 1240. The highest BCUT2D eigenvalue weighted by Crippen LogP contribution is 2.28. The molecule has 1 aliphatic heterocycles. The summed E-state index contributed by atoms with van der Waals surface area (Å²) >= 11 is 0. The molecular weight excluding hydrogens is 464 g/mol. The van der Waals surface area contributed by atoms with Gasteiger partial charge in [0.2, 0.25) is 5.91 Å². The van der Waals surface area contributed by atoms with Gasteiger partial charge in [-0.1, -0.05) is 42.5 Å². The fourth-order valence-corrected chi connectivity index (χ4v) is 4.56. The normalized spacial score (nSPS) is 23.2. The van der Waals surface area contributed by atoms with E-state index in [4.69, 9.17) is 5.73 Å². The number of rotatable bonds is 5. The summed E-state index contributed by atoms with van der Waals surface area (Å²) in [6, 6.07) is 11.2. The SMILES string of the molecule is CC(=O)c1cccc(NC(=O)N[C@@H]2C=C(C(=O)N3Cc4ccccc4C[C@H]3C(N)=O)C[C@@H](O)[C@@H]2O)c1. The number of carbonyl (C=O) groups is 4. The van der Waals surface area contributed by atoms with Crippen LogP contribution in [-0.4, -0.2) is 63.0 Å². The second-order valence-corrected chi connectivity index (χ2v) is 9.04. The van der Waals surface area contributed by atoms with Crippen LogP contribution in [0.4, 0.5) is 10.5 Å². The van der Waals surface area contributed by atoms with Crippen LogP contribution in [0.5, 0.6) is 0 Å². The fourth-order valence-electron chi connectivity index (χ4n) is 4.56. The Morgan fingerprint density at radius 3 is 2.42 bits per heavy atom. The number of fused-ring (bicyclic) bond motifs is 1. The molecule has 1 heterocycles. The molecule has 36 heavy (non-hydrogen) atoms. The molecule has 2 aromatic rings. The first-order valence-corrected chi connectivity index (χ1v) is 11.6. The molecule has 10 heteroatoms. The lowest BCUT2D eigenvalue weighted by Crippen LogP contribution is -2.54. The van der Waals surface area contributed by atoms with E-state index in [-0.39, 0.29) is 30.7 Å². The van der Waals surface area contributed by atoms with Crippen molar-refractivity contribution in [2.45, 2.75) is 50.6 Å². The molecule has 0 unspecified atom stereocenters. The van der Waals surface area contributed by atoms with Crippen molar-refractivity contribution in [2.75, 3.05) is 5.32 Å². The highest BCUT2D eigenvalue weighted by atomic mass is 16.3. The molecule has 0 spiro atoms. The number of benzene rings is 2. The van der Waals surface area contributed by atoms with Gasteiger partial charge in [-0.25, -0.2) is 4.79 Å². The summed E-state index contributed by atoms with van der Waals surface area (Å²) < 4.78 is 0. The number of ketones is 1. The number of primary amides is 1. The van der Waals surface area contributed by atoms with Gasteiger partial charge in [0.15, 0.2) is 5.78 Å². The lowest BCUT2D eigenvalue weighted by atomic mass is 9.88. The number of Topliss-reactive ketones (excluding diaryl/α,β-unsaturated/α-hetero) is 1. The average Bonchev–Trinajstić information content (AvgIpc) is 2.85. The van der Waals surface area contributed by atoms with Crippen molar-refractivity contribution >= 4 is 29.3 Å². The van der Waals surface area contributed by atoms with Gasteiger partial charge < -0.3 is 31.5 Å². The molecule has 188 valence electrons. The van der Waals surface area contributed by atoms with Gasteiger partial charge in [-0.3, -0.25) is 14.4 Å². The molecule has 0 saturated carbocycles. The number of hydrogen-bond donors (Lipinski definition) is 5. The molecule has 4 atom stereocenters. The van der Waals surface area contributed by atoms with Gasteiger partial charge in [0.1, 0.15) is 12.1 Å². The molecule has 2 aromatic carbocycles. The molecule has 4 rings (SSSR count). The Morgan fingerprint density at radius 2 is 1.72 bits per heavy atom. The summed E-state index contributed by atoms with van der Waals surface area (Å²) in [7, 11) is 0. The molecule has 0 saturated heterocycles. The second kappa shape index (κ2) is 10.3. The summed E-state index contributed by atoms with van der Waals surface area (Å²) in [6.45, 7) is 1.58. The van der Waals surface area contributed by atoms with Crippen molar-refractivity contribution in [3.8, 4) is 0 Å². The minimum absolute atomic E-state index is 0.149. The van der Waals surface area contributed by atoms with E-state index in [1.807, 2.05) is 24.3 Å². The monoisotopic (exact) mass is 492 g/mol. The van der Waals surface area contributed by atoms with Gasteiger partial charge in [0, 0.05) is 36.2 Å². The summed E-state index contributed by atoms with van der Waals surface area (Å²) in [6.07, 6.45) is -1.15. The summed E-state index contributed by atoms with van der Waals surface area (Å²) in [5.41, 5.74) is 8.36. The first kappa shape index (κ1) is 25.1. The van der Waals surface area contributed by atoms with Crippen LogP contribution in [0.3, 0.4) is 0 Å². The largest absolute Gasteiger partial charge is 0.390 e.